The van der Waals surface area contributed by atoms with Crippen LogP contribution in [-0.4, -0.2) is 11.7 Å². The Hall–Kier alpha value is -1.33. The van der Waals surface area contributed by atoms with Gasteiger partial charge in [0.15, 0.2) is 0 Å². The molecule has 0 aliphatic heterocycles. The van der Waals surface area contributed by atoms with E-state index in [1.165, 1.54) is 5.56 Å². The summed E-state index contributed by atoms with van der Waals surface area (Å²) in [6, 6.07) is 9.78. The van der Waals surface area contributed by atoms with Crippen LogP contribution in [0.2, 0.25) is 0 Å². The second-order valence-electron chi connectivity index (χ2n) is 3.52. The Morgan fingerprint density at radius 1 is 1.54 bits per heavy atom. The molecule has 0 saturated heterocycles. The second kappa shape index (κ2) is 3.20. The molecule has 0 amide bonds. The standard InChI is InChI=1S/C11H11NO/c12-6-8-2-1-3-9(4-8)11-5-10(11)7-13/h1-4,10-11,13H,5,7H2/t10-,11+/m0/s1. The highest BCUT2D eigenvalue weighted by Crippen LogP contribution is 2.46. The molecule has 1 fully saturated rings. The fraction of sp³-hybridized carbons (Fsp3) is 0.364. The van der Waals surface area contributed by atoms with Crippen molar-refractivity contribution in [2.24, 2.45) is 5.92 Å². The van der Waals surface area contributed by atoms with Gasteiger partial charge in [-0.1, -0.05) is 12.1 Å². The van der Waals surface area contributed by atoms with E-state index in [1.807, 2.05) is 18.2 Å². The summed E-state index contributed by atoms with van der Waals surface area (Å²) in [5.74, 6) is 0.909. The third-order valence-electron chi connectivity index (χ3n) is 2.60. The Bertz CT molecular complexity index is 353. The lowest BCUT2D eigenvalue weighted by molar-refractivity contribution is 0.274. The highest BCUT2D eigenvalue weighted by Gasteiger charge is 2.37. The third-order valence-corrected chi connectivity index (χ3v) is 2.60. The van der Waals surface area contributed by atoms with Gasteiger partial charge in [0.05, 0.1) is 11.6 Å². The normalized spacial score (nSPS) is 25.2. The first-order valence-corrected chi connectivity index (χ1v) is 4.46. The van der Waals surface area contributed by atoms with E-state index < -0.39 is 0 Å². The molecule has 2 nitrogen and oxygen atoms in total. The molecule has 13 heavy (non-hydrogen) atoms. The first-order chi connectivity index (χ1) is 6.35. The van der Waals surface area contributed by atoms with Gasteiger partial charge < -0.3 is 5.11 Å². The molecule has 0 unspecified atom stereocenters. The number of rotatable bonds is 2. The van der Waals surface area contributed by atoms with E-state index in [4.69, 9.17) is 10.4 Å². The van der Waals surface area contributed by atoms with Crippen LogP contribution < -0.4 is 0 Å². The Morgan fingerprint density at radius 3 is 3.00 bits per heavy atom. The number of hydrogen-bond donors (Lipinski definition) is 1. The Morgan fingerprint density at radius 2 is 2.38 bits per heavy atom. The number of benzene rings is 1. The van der Waals surface area contributed by atoms with Gasteiger partial charge in [0.2, 0.25) is 0 Å². The zero-order valence-electron chi connectivity index (χ0n) is 7.27. The molecule has 1 aromatic carbocycles. The first-order valence-electron chi connectivity index (χ1n) is 4.46. The lowest BCUT2D eigenvalue weighted by atomic mass is 10.1. The molecule has 1 aliphatic carbocycles. The van der Waals surface area contributed by atoms with Crippen LogP contribution in [0.15, 0.2) is 24.3 Å². The maximum Gasteiger partial charge on any atom is 0.0991 e. The van der Waals surface area contributed by atoms with Crippen molar-refractivity contribution in [3.05, 3.63) is 35.4 Å². The predicted molar refractivity (Wildman–Crippen MR) is 49.1 cm³/mol. The number of aliphatic hydroxyl groups is 1. The molecule has 1 N–H and O–H groups in total. The molecule has 2 heteroatoms. The molecule has 1 saturated carbocycles. The molecular weight excluding hydrogens is 162 g/mol. The average Bonchev–Trinajstić information content (AvgIpc) is 2.97. The summed E-state index contributed by atoms with van der Waals surface area (Å²) in [5, 5.41) is 17.6. The maximum absolute atomic E-state index is 8.90. The molecule has 2 atom stereocenters. The number of nitriles is 1. The van der Waals surface area contributed by atoms with Crippen molar-refractivity contribution < 1.29 is 5.11 Å². The van der Waals surface area contributed by atoms with E-state index in [0.717, 1.165) is 6.42 Å². The third kappa shape index (κ3) is 1.56. The van der Waals surface area contributed by atoms with Gasteiger partial charge in [-0.15, -0.1) is 0 Å². The van der Waals surface area contributed by atoms with Gasteiger partial charge in [-0.25, -0.2) is 0 Å². The molecule has 0 heterocycles. The van der Waals surface area contributed by atoms with Gasteiger partial charge in [-0.2, -0.15) is 5.26 Å². The Balaban J connectivity index is 2.19. The number of aliphatic hydroxyl groups excluding tert-OH is 1. The number of nitrogens with zero attached hydrogens (tertiary/aromatic N) is 1. The summed E-state index contributed by atoms with van der Waals surface area (Å²) >= 11 is 0. The predicted octanol–water partition coefficient (Wildman–Crippen LogP) is 1.65. The Kier molecular flexibility index (Phi) is 2.03. The van der Waals surface area contributed by atoms with Gasteiger partial charge in [0.1, 0.15) is 0 Å². The minimum absolute atomic E-state index is 0.265. The van der Waals surface area contributed by atoms with Gasteiger partial charge in [-0.05, 0) is 36.0 Å². The van der Waals surface area contributed by atoms with E-state index in [0.29, 0.717) is 17.4 Å². The average molecular weight is 173 g/mol. The van der Waals surface area contributed by atoms with Gasteiger partial charge in [-0.3, -0.25) is 0 Å². The maximum atomic E-state index is 8.90. The highest BCUT2D eigenvalue weighted by atomic mass is 16.3. The summed E-state index contributed by atoms with van der Waals surface area (Å²) in [6.45, 7) is 0.265. The van der Waals surface area contributed by atoms with Crippen molar-refractivity contribution in [3.63, 3.8) is 0 Å². The fourth-order valence-corrected chi connectivity index (χ4v) is 1.70. The molecule has 0 bridgehead atoms. The molecule has 0 aromatic heterocycles. The largest absolute Gasteiger partial charge is 0.396 e. The summed E-state index contributed by atoms with van der Waals surface area (Å²) in [5.41, 5.74) is 1.90. The van der Waals surface area contributed by atoms with Crippen molar-refractivity contribution in [3.8, 4) is 6.07 Å². The molecule has 0 radical (unpaired) electrons. The SMILES string of the molecule is N#Cc1cccc([C@H]2C[C@H]2CO)c1. The van der Waals surface area contributed by atoms with Crippen molar-refractivity contribution in [2.45, 2.75) is 12.3 Å². The smallest absolute Gasteiger partial charge is 0.0991 e. The topological polar surface area (TPSA) is 44.0 Å². The van der Waals surface area contributed by atoms with Crippen LogP contribution in [-0.2, 0) is 0 Å². The van der Waals surface area contributed by atoms with Crippen LogP contribution in [0, 0.1) is 17.2 Å². The van der Waals surface area contributed by atoms with E-state index in [2.05, 4.69) is 6.07 Å². The zero-order chi connectivity index (χ0) is 9.26. The summed E-state index contributed by atoms with van der Waals surface area (Å²) in [7, 11) is 0. The Labute approximate surface area is 77.4 Å². The molecule has 0 spiro atoms. The van der Waals surface area contributed by atoms with Gasteiger partial charge in [0, 0.05) is 6.61 Å². The van der Waals surface area contributed by atoms with Crippen LogP contribution in [0.3, 0.4) is 0 Å². The second-order valence-corrected chi connectivity index (χ2v) is 3.52. The monoisotopic (exact) mass is 173 g/mol. The van der Waals surface area contributed by atoms with Crippen LogP contribution in [0.5, 0.6) is 0 Å². The van der Waals surface area contributed by atoms with Crippen LogP contribution in [0.4, 0.5) is 0 Å². The summed E-state index contributed by atoms with van der Waals surface area (Å²) in [6.07, 6.45) is 1.06. The van der Waals surface area contributed by atoms with E-state index in [-0.39, 0.29) is 6.61 Å². The van der Waals surface area contributed by atoms with E-state index in [1.54, 1.807) is 6.07 Å². The molecular formula is C11H11NO. The highest BCUT2D eigenvalue weighted by molar-refractivity contribution is 5.36. The molecule has 1 aromatic rings. The van der Waals surface area contributed by atoms with Crippen molar-refractivity contribution >= 4 is 0 Å². The number of hydrogen-bond acceptors (Lipinski definition) is 2. The van der Waals surface area contributed by atoms with Crippen LogP contribution in [0.1, 0.15) is 23.5 Å². The molecule has 2 rings (SSSR count). The quantitative estimate of drug-likeness (QED) is 0.739. The van der Waals surface area contributed by atoms with Crippen LogP contribution >= 0.6 is 0 Å². The lowest BCUT2D eigenvalue weighted by Gasteiger charge is -1.98. The minimum atomic E-state index is 0.265. The fourth-order valence-electron chi connectivity index (χ4n) is 1.70. The first kappa shape index (κ1) is 8.28. The van der Waals surface area contributed by atoms with Crippen LogP contribution in [0.25, 0.3) is 0 Å². The van der Waals surface area contributed by atoms with Gasteiger partial charge >= 0.3 is 0 Å². The summed E-state index contributed by atoms with van der Waals surface area (Å²) < 4.78 is 0. The van der Waals surface area contributed by atoms with E-state index >= 15 is 0 Å². The van der Waals surface area contributed by atoms with Crippen molar-refractivity contribution in [2.75, 3.05) is 6.61 Å². The minimum Gasteiger partial charge on any atom is -0.396 e. The van der Waals surface area contributed by atoms with Crippen molar-refractivity contribution in [1.29, 1.82) is 5.26 Å². The lowest BCUT2D eigenvalue weighted by Crippen LogP contribution is -1.89. The molecule has 1 aliphatic rings. The molecule has 66 valence electrons. The zero-order valence-corrected chi connectivity index (χ0v) is 7.27. The summed E-state index contributed by atoms with van der Waals surface area (Å²) in [4.78, 5) is 0. The van der Waals surface area contributed by atoms with E-state index in [9.17, 15) is 0 Å². The van der Waals surface area contributed by atoms with Crippen molar-refractivity contribution in [1.82, 2.24) is 0 Å². The van der Waals surface area contributed by atoms with Gasteiger partial charge in [0.25, 0.3) is 0 Å².